The molecule has 0 heterocycles. The van der Waals surface area contributed by atoms with Crippen LogP contribution >= 0.6 is 0 Å². The van der Waals surface area contributed by atoms with Gasteiger partial charge in [0.2, 0.25) is 0 Å². The summed E-state index contributed by atoms with van der Waals surface area (Å²) in [6, 6.07) is 6.62. The molecule has 0 fully saturated rings. The highest BCUT2D eigenvalue weighted by Crippen LogP contribution is 2.24. The van der Waals surface area contributed by atoms with Crippen molar-refractivity contribution in [3.63, 3.8) is 0 Å². The molecule has 0 unspecified atom stereocenters. The van der Waals surface area contributed by atoms with Crippen molar-refractivity contribution >= 4 is 5.69 Å². The molecule has 5 heteroatoms. The smallest absolute Gasteiger partial charge is 0.133 e. The minimum atomic E-state index is -0.0269. The van der Waals surface area contributed by atoms with Gasteiger partial charge < -0.3 is 20.4 Å². The third-order valence-electron chi connectivity index (χ3n) is 2.98. The van der Waals surface area contributed by atoms with E-state index in [2.05, 4.69) is 0 Å². The van der Waals surface area contributed by atoms with E-state index in [1.54, 1.807) is 24.3 Å². The van der Waals surface area contributed by atoms with Gasteiger partial charge in [0.05, 0.1) is 19.8 Å². The fourth-order valence-electron chi connectivity index (χ4n) is 2.07. The van der Waals surface area contributed by atoms with E-state index in [0.717, 1.165) is 5.69 Å². The number of rotatable bonds is 7. The largest absolute Gasteiger partial charge is 0.508 e. The lowest BCUT2D eigenvalue weighted by atomic mass is 10.2. The predicted octanol–water partition coefficient (Wildman–Crippen LogP) is -0.324. The molecule has 0 saturated heterocycles. The van der Waals surface area contributed by atoms with Crippen molar-refractivity contribution in [1.82, 2.24) is 4.48 Å². The van der Waals surface area contributed by atoms with E-state index in [4.69, 9.17) is 15.3 Å². The molecule has 1 aromatic rings. The van der Waals surface area contributed by atoms with Crippen molar-refractivity contribution in [3.05, 3.63) is 24.3 Å². The Morgan fingerprint density at radius 1 is 0.765 bits per heavy atom. The molecule has 0 bridgehead atoms. The van der Waals surface area contributed by atoms with E-state index in [1.165, 1.54) is 0 Å². The summed E-state index contributed by atoms with van der Waals surface area (Å²) >= 11 is 0. The normalized spacial score (nSPS) is 11.7. The standard InChI is InChI=1S/C12H19NO4/c14-8-5-13(6-9-15,7-10-16)11-1-3-12(17)4-2-11/h1-4,14-16H,5-10H2/p+1. The first-order chi connectivity index (χ1) is 8.18. The van der Waals surface area contributed by atoms with Crippen LogP contribution in [0.25, 0.3) is 0 Å². The van der Waals surface area contributed by atoms with Gasteiger partial charge in [0.1, 0.15) is 31.1 Å². The lowest BCUT2D eigenvalue weighted by Crippen LogP contribution is -2.54. The number of aromatic hydroxyl groups is 1. The molecule has 0 aliphatic heterocycles. The Morgan fingerprint density at radius 3 is 1.53 bits per heavy atom. The number of phenols is 1. The van der Waals surface area contributed by atoms with Gasteiger partial charge in [-0.1, -0.05) is 0 Å². The molecule has 96 valence electrons. The van der Waals surface area contributed by atoms with E-state index in [9.17, 15) is 5.11 Å². The minimum absolute atomic E-state index is 0.0269. The minimum Gasteiger partial charge on any atom is -0.508 e. The molecule has 0 saturated carbocycles. The van der Waals surface area contributed by atoms with Crippen molar-refractivity contribution in [2.45, 2.75) is 0 Å². The fourth-order valence-corrected chi connectivity index (χ4v) is 2.07. The Hall–Kier alpha value is -1.14. The number of benzene rings is 1. The molecule has 5 nitrogen and oxygen atoms in total. The molecule has 17 heavy (non-hydrogen) atoms. The zero-order valence-electron chi connectivity index (χ0n) is 9.79. The summed E-state index contributed by atoms with van der Waals surface area (Å²) in [5.74, 6) is 0.170. The summed E-state index contributed by atoms with van der Waals surface area (Å²) in [4.78, 5) is 0. The third-order valence-corrected chi connectivity index (χ3v) is 2.98. The highest BCUT2D eigenvalue weighted by Gasteiger charge is 2.28. The molecule has 0 radical (unpaired) electrons. The fraction of sp³-hybridized carbons (Fsp3) is 0.500. The van der Waals surface area contributed by atoms with Crippen LogP contribution in [0.3, 0.4) is 0 Å². The maximum atomic E-state index is 9.26. The summed E-state index contributed by atoms with van der Waals surface area (Å²) in [7, 11) is 0. The number of aliphatic hydroxyl groups is 3. The second-order valence-corrected chi connectivity index (χ2v) is 4.00. The Bertz CT molecular complexity index is 309. The summed E-state index contributed by atoms with van der Waals surface area (Å²) in [5, 5.41) is 36.7. The first-order valence-electron chi connectivity index (χ1n) is 5.67. The first-order valence-corrected chi connectivity index (χ1v) is 5.67. The third kappa shape index (κ3) is 3.41. The first kappa shape index (κ1) is 13.9. The summed E-state index contributed by atoms with van der Waals surface area (Å²) in [6.07, 6.45) is 0. The van der Waals surface area contributed by atoms with Gasteiger partial charge in [-0.3, -0.25) is 4.48 Å². The Morgan fingerprint density at radius 2 is 1.18 bits per heavy atom. The molecule has 1 rings (SSSR count). The van der Waals surface area contributed by atoms with Gasteiger partial charge >= 0.3 is 0 Å². The Balaban J connectivity index is 3.04. The van der Waals surface area contributed by atoms with Crippen molar-refractivity contribution in [3.8, 4) is 5.75 Å². The molecule has 0 atom stereocenters. The molecule has 0 aliphatic carbocycles. The lowest BCUT2D eigenvalue weighted by Gasteiger charge is -2.36. The molecule has 0 aliphatic rings. The summed E-state index contributed by atoms with van der Waals surface area (Å²) < 4.78 is 0.309. The number of quaternary nitrogens is 1. The van der Waals surface area contributed by atoms with Crippen molar-refractivity contribution < 1.29 is 20.4 Å². The van der Waals surface area contributed by atoms with Gasteiger partial charge in [0, 0.05) is 12.1 Å². The molecule has 0 spiro atoms. The van der Waals surface area contributed by atoms with Crippen LogP contribution in [0.15, 0.2) is 24.3 Å². The van der Waals surface area contributed by atoms with Crippen LogP contribution in [-0.2, 0) is 0 Å². The topological polar surface area (TPSA) is 80.9 Å². The monoisotopic (exact) mass is 242 g/mol. The van der Waals surface area contributed by atoms with Crippen LogP contribution < -0.4 is 4.48 Å². The molecule has 0 amide bonds. The van der Waals surface area contributed by atoms with Crippen LogP contribution in [0.1, 0.15) is 0 Å². The van der Waals surface area contributed by atoms with Crippen LogP contribution in [0.5, 0.6) is 5.75 Å². The van der Waals surface area contributed by atoms with Gasteiger partial charge in [-0.25, -0.2) is 0 Å². The SMILES string of the molecule is OCC[N+](CCO)(CCO)c1ccc(O)cc1. The van der Waals surface area contributed by atoms with E-state index in [1.807, 2.05) is 0 Å². The van der Waals surface area contributed by atoms with Crippen LogP contribution in [0.2, 0.25) is 0 Å². The number of hydrogen-bond acceptors (Lipinski definition) is 4. The van der Waals surface area contributed by atoms with Crippen molar-refractivity contribution in [1.29, 1.82) is 0 Å². The predicted molar refractivity (Wildman–Crippen MR) is 65.8 cm³/mol. The van der Waals surface area contributed by atoms with E-state index < -0.39 is 0 Å². The maximum Gasteiger partial charge on any atom is 0.133 e. The Kier molecular flexibility index (Phi) is 5.37. The average molecular weight is 242 g/mol. The van der Waals surface area contributed by atoms with E-state index in [-0.39, 0.29) is 25.6 Å². The van der Waals surface area contributed by atoms with Crippen LogP contribution in [0.4, 0.5) is 5.69 Å². The maximum absolute atomic E-state index is 9.26. The zero-order valence-corrected chi connectivity index (χ0v) is 9.79. The molecule has 1 aromatic carbocycles. The molecular weight excluding hydrogens is 222 g/mol. The number of aliphatic hydroxyl groups excluding tert-OH is 3. The summed E-state index contributed by atoms with van der Waals surface area (Å²) in [6.45, 7) is 1.19. The van der Waals surface area contributed by atoms with Gasteiger partial charge in [0.25, 0.3) is 0 Å². The van der Waals surface area contributed by atoms with Crippen molar-refractivity contribution in [2.24, 2.45) is 0 Å². The Labute approximate surface area is 101 Å². The van der Waals surface area contributed by atoms with Crippen LogP contribution in [-0.4, -0.2) is 59.9 Å². The summed E-state index contributed by atoms with van der Waals surface area (Å²) in [5.41, 5.74) is 0.861. The number of nitrogens with zero attached hydrogens (tertiary/aromatic N) is 1. The average Bonchev–Trinajstić information content (AvgIpc) is 2.30. The highest BCUT2D eigenvalue weighted by molar-refractivity contribution is 5.45. The van der Waals surface area contributed by atoms with Crippen molar-refractivity contribution in [2.75, 3.05) is 39.5 Å². The van der Waals surface area contributed by atoms with Crippen LogP contribution in [0, 0.1) is 0 Å². The van der Waals surface area contributed by atoms with E-state index in [0.29, 0.717) is 24.1 Å². The highest BCUT2D eigenvalue weighted by atomic mass is 16.3. The van der Waals surface area contributed by atoms with Gasteiger partial charge in [0.15, 0.2) is 0 Å². The van der Waals surface area contributed by atoms with Gasteiger partial charge in [-0.15, -0.1) is 0 Å². The molecule has 0 aromatic heterocycles. The number of hydrogen-bond donors (Lipinski definition) is 4. The number of phenolic OH excluding ortho intramolecular Hbond substituents is 1. The quantitative estimate of drug-likeness (QED) is 0.494. The van der Waals surface area contributed by atoms with Gasteiger partial charge in [-0.2, -0.15) is 0 Å². The second-order valence-electron chi connectivity index (χ2n) is 4.00. The molecular formula is C12H20NO4+. The van der Waals surface area contributed by atoms with E-state index >= 15 is 0 Å². The molecule has 4 N–H and O–H groups in total. The lowest BCUT2D eigenvalue weighted by molar-refractivity contribution is 0.138. The second kappa shape index (κ2) is 6.56. The zero-order chi connectivity index (χ0) is 12.7. The van der Waals surface area contributed by atoms with Gasteiger partial charge in [-0.05, 0) is 12.1 Å².